The third-order valence-electron chi connectivity index (χ3n) is 2.86. The predicted molar refractivity (Wildman–Crippen MR) is 80.1 cm³/mol. The second kappa shape index (κ2) is 7.97. The molecule has 0 saturated heterocycles. The molecule has 0 aromatic heterocycles. The molecule has 0 aliphatic rings. The fourth-order valence-corrected chi connectivity index (χ4v) is 2.10. The van der Waals surface area contributed by atoms with Gasteiger partial charge in [0.2, 0.25) is 5.79 Å². The standard InChI is InChI=1S/C16H25NO2/c1-5-13-16(18-6-2,19-7-3)14(4)17-15-11-9-8-10-12-15/h8-12,17H,4-7,13H2,1-3H3. The normalized spacial score (nSPS) is 11.3. The molecule has 0 amide bonds. The molecule has 3 heteroatoms. The van der Waals surface area contributed by atoms with Crippen molar-refractivity contribution in [2.45, 2.75) is 39.4 Å². The van der Waals surface area contributed by atoms with E-state index in [1.807, 2.05) is 44.2 Å². The first kappa shape index (κ1) is 15.7. The van der Waals surface area contributed by atoms with Gasteiger partial charge in [-0.25, -0.2) is 0 Å². The molecule has 0 saturated carbocycles. The van der Waals surface area contributed by atoms with Crippen LogP contribution >= 0.6 is 0 Å². The number of nitrogens with one attached hydrogen (secondary N) is 1. The van der Waals surface area contributed by atoms with E-state index in [4.69, 9.17) is 9.47 Å². The lowest BCUT2D eigenvalue weighted by molar-refractivity contribution is -0.209. The number of hydrogen-bond acceptors (Lipinski definition) is 3. The second-order valence-corrected chi connectivity index (χ2v) is 4.34. The van der Waals surface area contributed by atoms with Gasteiger partial charge in [0.25, 0.3) is 0 Å². The Hall–Kier alpha value is -1.32. The van der Waals surface area contributed by atoms with E-state index in [1.165, 1.54) is 0 Å². The van der Waals surface area contributed by atoms with Gasteiger partial charge < -0.3 is 14.8 Å². The molecule has 1 aromatic carbocycles. The van der Waals surface area contributed by atoms with Gasteiger partial charge in [0.1, 0.15) is 0 Å². The number of hydrogen-bond donors (Lipinski definition) is 1. The van der Waals surface area contributed by atoms with Gasteiger partial charge in [0.05, 0.1) is 5.70 Å². The van der Waals surface area contributed by atoms with Crippen LogP contribution in [0.1, 0.15) is 33.6 Å². The molecule has 106 valence electrons. The molecule has 0 fully saturated rings. The molecule has 0 atom stereocenters. The van der Waals surface area contributed by atoms with E-state index in [0.29, 0.717) is 13.2 Å². The highest BCUT2D eigenvalue weighted by atomic mass is 16.7. The van der Waals surface area contributed by atoms with Crippen molar-refractivity contribution in [3.8, 4) is 0 Å². The first-order valence-electron chi connectivity index (χ1n) is 6.97. The molecule has 19 heavy (non-hydrogen) atoms. The van der Waals surface area contributed by atoms with Crippen LogP contribution in [-0.2, 0) is 9.47 Å². The molecule has 0 unspecified atom stereocenters. The number of rotatable bonds is 9. The van der Waals surface area contributed by atoms with Crippen molar-refractivity contribution in [3.05, 3.63) is 42.6 Å². The van der Waals surface area contributed by atoms with Crippen molar-refractivity contribution in [1.82, 2.24) is 0 Å². The predicted octanol–water partition coefficient (Wildman–Crippen LogP) is 4.18. The Morgan fingerprint density at radius 3 is 2.16 bits per heavy atom. The van der Waals surface area contributed by atoms with E-state index < -0.39 is 5.79 Å². The topological polar surface area (TPSA) is 30.5 Å². The maximum absolute atomic E-state index is 5.86. The quantitative estimate of drug-likeness (QED) is 0.678. The molecule has 1 N–H and O–H groups in total. The van der Waals surface area contributed by atoms with Crippen LogP contribution in [0.4, 0.5) is 5.69 Å². The fourth-order valence-electron chi connectivity index (χ4n) is 2.10. The number of ether oxygens (including phenoxy) is 2. The second-order valence-electron chi connectivity index (χ2n) is 4.34. The highest BCUT2D eigenvalue weighted by Gasteiger charge is 2.34. The van der Waals surface area contributed by atoms with Crippen molar-refractivity contribution >= 4 is 5.69 Å². The molecular formula is C16H25NO2. The summed E-state index contributed by atoms with van der Waals surface area (Å²) < 4.78 is 11.7. The van der Waals surface area contributed by atoms with E-state index in [1.54, 1.807) is 0 Å². The van der Waals surface area contributed by atoms with Crippen LogP contribution in [0.15, 0.2) is 42.6 Å². The summed E-state index contributed by atoms with van der Waals surface area (Å²) in [6.07, 6.45) is 1.75. The Morgan fingerprint density at radius 1 is 1.11 bits per heavy atom. The summed E-state index contributed by atoms with van der Waals surface area (Å²) in [4.78, 5) is 0. The van der Waals surface area contributed by atoms with Crippen molar-refractivity contribution in [3.63, 3.8) is 0 Å². The Kier molecular flexibility index (Phi) is 6.60. The van der Waals surface area contributed by atoms with Gasteiger partial charge in [-0.2, -0.15) is 0 Å². The fraction of sp³-hybridized carbons (Fsp3) is 0.500. The van der Waals surface area contributed by atoms with E-state index >= 15 is 0 Å². The largest absolute Gasteiger partial charge is 0.355 e. The van der Waals surface area contributed by atoms with Gasteiger partial charge in [-0.1, -0.05) is 38.1 Å². The monoisotopic (exact) mass is 263 g/mol. The summed E-state index contributed by atoms with van der Waals surface area (Å²) in [5.74, 6) is -0.742. The van der Waals surface area contributed by atoms with Crippen molar-refractivity contribution in [1.29, 1.82) is 0 Å². The molecule has 0 spiro atoms. The Balaban J connectivity index is 2.86. The highest BCUT2D eigenvalue weighted by Crippen LogP contribution is 2.29. The van der Waals surface area contributed by atoms with Crippen LogP contribution in [0, 0.1) is 0 Å². The van der Waals surface area contributed by atoms with Gasteiger partial charge in [-0.3, -0.25) is 0 Å². The van der Waals surface area contributed by atoms with Crippen LogP contribution in [0.25, 0.3) is 0 Å². The number of anilines is 1. The van der Waals surface area contributed by atoms with E-state index in [2.05, 4.69) is 18.8 Å². The van der Waals surface area contributed by atoms with Gasteiger partial charge in [-0.05, 0) is 26.0 Å². The molecular weight excluding hydrogens is 238 g/mol. The third kappa shape index (κ3) is 4.37. The minimum Gasteiger partial charge on any atom is -0.355 e. The summed E-state index contributed by atoms with van der Waals surface area (Å²) in [5, 5.41) is 3.29. The van der Waals surface area contributed by atoms with Crippen LogP contribution < -0.4 is 5.32 Å². The maximum atomic E-state index is 5.86. The zero-order valence-electron chi connectivity index (χ0n) is 12.2. The smallest absolute Gasteiger partial charge is 0.209 e. The van der Waals surface area contributed by atoms with E-state index in [9.17, 15) is 0 Å². The molecule has 0 radical (unpaired) electrons. The molecule has 0 bridgehead atoms. The molecule has 0 aliphatic carbocycles. The van der Waals surface area contributed by atoms with Crippen LogP contribution in [-0.4, -0.2) is 19.0 Å². The van der Waals surface area contributed by atoms with Gasteiger partial charge in [0.15, 0.2) is 0 Å². The summed E-state index contributed by atoms with van der Waals surface area (Å²) in [6, 6.07) is 9.95. The van der Waals surface area contributed by atoms with Crippen LogP contribution in [0.5, 0.6) is 0 Å². The molecule has 1 rings (SSSR count). The van der Waals surface area contributed by atoms with Crippen molar-refractivity contribution < 1.29 is 9.47 Å². The van der Waals surface area contributed by atoms with E-state index in [-0.39, 0.29) is 0 Å². The molecule has 0 aliphatic heterocycles. The molecule has 1 aromatic rings. The summed E-state index contributed by atoms with van der Waals surface area (Å²) in [7, 11) is 0. The van der Waals surface area contributed by atoms with Gasteiger partial charge in [0, 0.05) is 25.3 Å². The summed E-state index contributed by atoms with van der Waals surface area (Å²) in [5.41, 5.74) is 1.75. The van der Waals surface area contributed by atoms with Gasteiger partial charge in [-0.15, -0.1) is 0 Å². The first-order chi connectivity index (χ1) is 9.18. The minimum atomic E-state index is -0.742. The van der Waals surface area contributed by atoms with Crippen molar-refractivity contribution in [2.75, 3.05) is 18.5 Å². The van der Waals surface area contributed by atoms with E-state index in [0.717, 1.165) is 24.2 Å². The lowest BCUT2D eigenvalue weighted by atomic mass is 10.1. The van der Waals surface area contributed by atoms with Crippen molar-refractivity contribution in [2.24, 2.45) is 0 Å². The number of para-hydroxylation sites is 1. The molecule has 0 heterocycles. The Labute approximate surface area is 116 Å². The zero-order chi connectivity index (χ0) is 14.1. The van der Waals surface area contributed by atoms with Gasteiger partial charge >= 0.3 is 0 Å². The number of benzene rings is 1. The Bertz CT molecular complexity index is 359. The molecule has 3 nitrogen and oxygen atoms in total. The lowest BCUT2D eigenvalue weighted by Gasteiger charge is -2.35. The lowest BCUT2D eigenvalue weighted by Crippen LogP contribution is -2.40. The SMILES string of the molecule is C=C(Nc1ccccc1)C(CCC)(OCC)OCC. The average Bonchev–Trinajstić information content (AvgIpc) is 2.40. The van der Waals surface area contributed by atoms with Crippen LogP contribution in [0.3, 0.4) is 0 Å². The minimum absolute atomic E-state index is 0.593. The Morgan fingerprint density at radius 2 is 1.68 bits per heavy atom. The zero-order valence-corrected chi connectivity index (χ0v) is 12.2. The first-order valence-corrected chi connectivity index (χ1v) is 6.97. The summed E-state index contributed by atoms with van der Waals surface area (Å²) >= 11 is 0. The third-order valence-corrected chi connectivity index (χ3v) is 2.86. The average molecular weight is 263 g/mol. The summed E-state index contributed by atoms with van der Waals surface area (Å²) in [6.45, 7) is 11.4. The maximum Gasteiger partial charge on any atom is 0.209 e. The highest BCUT2D eigenvalue weighted by molar-refractivity contribution is 5.48. The van der Waals surface area contributed by atoms with Crippen LogP contribution in [0.2, 0.25) is 0 Å².